The first-order chi connectivity index (χ1) is 8.41. The smallest absolute Gasteiger partial charge is 0.305 e. The lowest BCUT2D eigenvalue weighted by atomic mass is 10.2. The summed E-state index contributed by atoms with van der Waals surface area (Å²) in [7, 11) is 0. The maximum atomic E-state index is 12.6. The zero-order valence-electron chi connectivity index (χ0n) is 9.91. The van der Waals surface area contributed by atoms with Gasteiger partial charge in [0, 0.05) is 25.5 Å². The molecule has 2 rings (SSSR count). The van der Waals surface area contributed by atoms with E-state index in [0.717, 1.165) is 11.1 Å². The van der Waals surface area contributed by atoms with Crippen LogP contribution in [0.2, 0.25) is 0 Å². The van der Waals surface area contributed by atoms with Crippen molar-refractivity contribution >= 4 is 11.6 Å². The Morgan fingerprint density at radius 3 is 2.67 bits per heavy atom. The van der Waals surface area contributed by atoms with Crippen molar-refractivity contribution in [2.75, 3.05) is 19.0 Å². The van der Waals surface area contributed by atoms with Crippen LogP contribution in [0.4, 0.5) is 13.2 Å². The van der Waals surface area contributed by atoms with E-state index in [2.05, 4.69) is 15.1 Å². The maximum absolute atomic E-state index is 12.6. The van der Waals surface area contributed by atoms with Gasteiger partial charge < -0.3 is 4.57 Å². The highest BCUT2D eigenvalue weighted by atomic mass is 35.5. The fraction of sp³-hybridized carbons (Fsp3) is 0.800. The van der Waals surface area contributed by atoms with E-state index in [1.54, 1.807) is 0 Å². The van der Waals surface area contributed by atoms with E-state index in [-0.39, 0.29) is 6.54 Å². The van der Waals surface area contributed by atoms with Crippen molar-refractivity contribution in [3.63, 3.8) is 0 Å². The summed E-state index contributed by atoms with van der Waals surface area (Å²) >= 11 is 5.73. The average molecular weight is 283 g/mol. The number of rotatable bonds is 3. The van der Waals surface area contributed by atoms with Crippen LogP contribution in [-0.2, 0) is 19.3 Å². The fourth-order valence-electron chi connectivity index (χ4n) is 2.06. The van der Waals surface area contributed by atoms with Crippen LogP contribution in [-0.4, -0.2) is 38.6 Å². The zero-order chi connectivity index (χ0) is 13.3. The zero-order valence-corrected chi connectivity index (χ0v) is 10.7. The van der Waals surface area contributed by atoms with Crippen molar-refractivity contribution < 1.29 is 13.2 Å². The summed E-state index contributed by atoms with van der Waals surface area (Å²) in [5, 5.41) is 6.86. The average Bonchev–Trinajstić information content (AvgIpc) is 2.71. The molecule has 0 saturated carbocycles. The highest BCUT2D eigenvalue weighted by Crippen LogP contribution is 2.29. The molecule has 1 aromatic heterocycles. The molecule has 1 aliphatic rings. The Kier molecular flexibility index (Phi) is 3.82. The Balaban J connectivity index is 2.10. The minimum atomic E-state index is -4.43. The van der Waals surface area contributed by atoms with Crippen molar-refractivity contribution in [2.45, 2.75) is 26.2 Å². The van der Waals surface area contributed by atoms with Gasteiger partial charge in [-0.1, -0.05) is 6.92 Å². The van der Waals surface area contributed by atoms with Gasteiger partial charge in [0.2, 0.25) is 5.82 Å². The first kappa shape index (κ1) is 13.6. The van der Waals surface area contributed by atoms with Crippen LogP contribution in [0.25, 0.3) is 0 Å². The van der Waals surface area contributed by atoms with Crippen LogP contribution in [0.3, 0.4) is 0 Å². The lowest BCUT2D eigenvalue weighted by Crippen LogP contribution is -2.38. The normalized spacial score (nSPS) is 18.7. The molecule has 1 atom stereocenters. The first-order valence-corrected chi connectivity index (χ1v) is 6.23. The SMILES string of the molecule is CC(CCl)CN1CCn2c(nnc2C(F)(F)F)C1. The Bertz CT molecular complexity index is 418. The minimum absolute atomic E-state index is 0.270. The maximum Gasteiger partial charge on any atom is 0.451 e. The van der Waals surface area contributed by atoms with Gasteiger partial charge in [-0.15, -0.1) is 21.8 Å². The van der Waals surface area contributed by atoms with Gasteiger partial charge in [0.25, 0.3) is 0 Å². The van der Waals surface area contributed by atoms with Crippen LogP contribution >= 0.6 is 11.6 Å². The van der Waals surface area contributed by atoms with Crippen molar-refractivity contribution in [1.82, 2.24) is 19.7 Å². The predicted molar refractivity (Wildman–Crippen MR) is 60.2 cm³/mol. The van der Waals surface area contributed by atoms with Gasteiger partial charge >= 0.3 is 6.18 Å². The van der Waals surface area contributed by atoms with Crippen molar-refractivity contribution in [2.24, 2.45) is 5.92 Å². The number of hydrogen-bond acceptors (Lipinski definition) is 3. The lowest BCUT2D eigenvalue weighted by Gasteiger charge is -2.29. The molecule has 1 aliphatic heterocycles. The number of alkyl halides is 4. The number of aromatic nitrogens is 3. The van der Waals surface area contributed by atoms with Crippen molar-refractivity contribution in [3.8, 4) is 0 Å². The molecule has 0 aliphatic carbocycles. The van der Waals surface area contributed by atoms with E-state index in [9.17, 15) is 13.2 Å². The molecule has 0 aromatic carbocycles. The highest BCUT2D eigenvalue weighted by Gasteiger charge is 2.39. The van der Waals surface area contributed by atoms with Crippen LogP contribution in [0.1, 0.15) is 18.6 Å². The monoisotopic (exact) mass is 282 g/mol. The van der Waals surface area contributed by atoms with E-state index in [1.165, 1.54) is 0 Å². The Morgan fingerprint density at radius 1 is 1.33 bits per heavy atom. The second-order valence-electron chi connectivity index (χ2n) is 4.58. The van der Waals surface area contributed by atoms with Crippen LogP contribution in [0.5, 0.6) is 0 Å². The van der Waals surface area contributed by atoms with E-state index < -0.39 is 12.0 Å². The van der Waals surface area contributed by atoms with Gasteiger partial charge in [0.05, 0.1) is 6.54 Å². The van der Waals surface area contributed by atoms with Gasteiger partial charge in [0.1, 0.15) is 5.82 Å². The minimum Gasteiger partial charge on any atom is -0.305 e. The third-order valence-corrected chi connectivity index (χ3v) is 3.45. The molecule has 0 N–H and O–H groups in total. The molecular formula is C10H14ClF3N4. The molecule has 0 bridgehead atoms. The molecule has 2 heterocycles. The lowest BCUT2D eigenvalue weighted by molar-refractivity contribution is -0.148. The molecule has 0 spiro atoms. The van der Waals surface area contributed by atoms with E-state index in [0.29, 0.717) is 30.7 Å². The molecule has 8 heteroatoms. The Labute approximate surface area is 108 Å². The molecule has 0 fully saturated rings. The van der Waals surface area contributed by atoms with Gasteiger partial charge in [-0.25, -0.2) is 0 Å². The molecule has 1 aromatic rings. The van der Waals surface area contributed by atoms with Crippen molar-refractivity contribution in [1.29, 1.82) is 0 Å². The summed E-state index contributed by atoms with van der Waals surface area (Å²) in [4.78, 5) is 2.05. The van der Waals surface area contributed by atoms with Gasteiger partial charge in [0.15, 0.2) is 0 Å². The fourth-order valence-corrected chi connectivity index (χ4v) is 2.16. The second kappa shape index (κ2) is 5.05. The predicted octanol–water partition coefficient (Wildman–Crippen LogP) is 1.99. The third kappa shape index (κ3) is 2.77. The summed E-state index contributed by atoms with van der Waals surface area (Å²) in [5.74, 6) is 0.317. The van der Waals surface area contributed by atoms with Crippen LogP contribution < -0.4 is 0 Å². The van der Waals surface area contributed by atoms with Gasteiger partial charge in [-0.3, -0.25) is 4.90 Å². The first-order valence-electron chi connectivity index (χ1n) is 5.69. The molecular weight excluding hydrogens is 269 g/mol. The summed E-state index contributed by atoms with van der Waals surface area (Å²) < 4.78 is 39.0. The number of hydrogen-bond donors (Lipinski definition) is 0. The summed E-state index contributed by atoms with van der Waals surface area (Å²) in [6, 6.07) is 0. The number of fused-ring (bicyclic) bond motifs is 1. The summed E-state index contributed by atoms with van der Waals surface area (Å²) in [5.41, 5.74) is 0. The van der Waals surface area contributed by atoms with Gasteiger partial charge in [-0.2, -0.15) is 13.2 Å². The molecule has 4 nitrogen and oxygen atoms in total. The second-order valence-corrected chi connectivity index (χ2v) is 4.89. The molecule has 0 amide bonds. The summed E-state index contributed by atoms with van der Waals surface area (Å²) in [6.07, 6.45) is -4.43. The van der Waals surface area contributed by atoms with E-state index in [4.69, 9.17) is 11.6 Å². The summed E-state index contributed by atoms with van der Waals surface area (Å²) in [6.45, 7) is 4.00. The molecule has 18 heavy (non-hydrogen) atoms. The number of halogens is 4. The highest BCUT2D eigenvalue weighted by molar-refractivity contribution is 6.18. The topological polar surface area (TPSA) is 34.0 Å². The Morgan fingerprint density at radius 2 is 2.06 bits per heavy atom. The molecule has 102 valence electrons. The molecule has 0 radical (unpaired) electrons. The van der Waals surface area contributed by atoms with Crippen molar-refractivity contribution in [3.05, 3.63) is 11.6 Å². The molecule has 1 unspecified atom stereocenters. The third-order valence-electron chi connectivity index (χ3n) is 2.92. The van der Waals surface area contributed by atoms with E-state index in [1.807, 2.05) is 6.92 Å². The Hall–Kier alpha value is -0.820. The largest absolute Gasteiger partial charge is 0.451 e. The molecule has 0 saturated heterocycles. The van der Waals surface area contributed by atoms with Gasteiger partial charge in [-0.05, 0) is 5.92 Å². The quantitative estimate of drug-likeness (QED) is 0.795. The van der Waals surface area contributed by atoms with Crippen LogP contribution in [0.15, 0.2) is 0 Å². The van der Waals surface area contributed by atoms with Crippen LogP contribution in [0, 0.1) is 5.92 Å². The standard InChI is InChI=1S/C10H14ClF3N4/c1-7(4-11)5-17-2-3-18-8(6-17)15-16-9(18)10(12,13)14/h7H,2-6H2,1H3. The number of nitrogens with zero attached hydrogens (tertiary/aromatic N) is 4. The van der Waals surface area contributed by atoms with E-state index >= 15 is 0 Å².